The predicted octanol–water partition coefficient (Wildman–Crippen LogP) is 4.74. The maximum atomic E-state index is 8.19. The minimum atomic E-state index is 0.569. The van der Waals surface area contributed by atoms with E-state index in [4.69, 9.17) is 10.3 Å². The molecule has 0 aliphatic carbocycles. The van der Waals surface area contributed by atoms with Crippen molar-refractivity contribution in [1.82, 2.24) is 4.98 Å². The van der Waals surface area contributed by atoms with E-state index < -0.39 is 0 Å². The largest absolute Gasteiger partial charge is 0.497 e. The van der Waals surface area contributed by atoms with E-state index in [2.05, 4.69) is 27.2 Å². The summed E-state index contributed by atoms with van der Waals surface area (Å²) in [5.74, 6) is 0.833. The predicted molar refractivity (Wildman–Crippen MR) is 85.2 cm³/mol. The second-order valence-electron chi connectivity index (χ2n) is 4.64. The van der Waals surface area contributed by atoms with Gasteiger partial charge in [0.15, 0.2) is 0 Å². The molecule has 108 valence electrons. The Morgan fingerprint density at radius 1 is 1.33 bits per heavy atom. The van der Waals surface area contributed by atoms with Crippen molar-refractivity contribution in [2.24, 2.45) is 5.11 Å². The highest BCUT2D eigenvalue weighted by atomic mass is 16.5. The standard InChI is InChI=1S/C16H18N4O/c1-21-14-7-8-16-15(12-14)13(9-11-18-16)6-4-2-3-5-10-19-20-17/h4,6-9,11-12H,2-3,5,10H2,1H3/b6-4+. The third kappa shape index (κ3) is 4.23. The van der Waals surface area contributed by atoms with Crippen molar-refractivity contribution in [2.75, 3.05) is 13.7 Å². The maximum absolute atomic E-state index is 8.19. The molecule has 0 unspecified atom stereocenters. The van der Waals surface area contributed by atoms with Gasteiger partial charge in [0.05, 0.1) is 12.6 Å². The maximum Gasteiger partial charge on any atom is 0.119 e. The number of hydrogen-bond acceptors (Lipinski definition) is 3. The molecule has 0 spiro atoms. The van der Waals surface area contributed by atoms with E-state index in [1.807, 2.05) is 30.5 Å². The molecule has 1 heterocycles. The minimum absolute atomic E-state index is 0.569. The first kappa shape index (κ1) is 14.9. The molecule has 2 rings (SSSR count). The first-order valence-corrected chi connectivity index (χ1v) is 6.95. The smallest absolute Gasteiger partial charge is 0.119 e. The lowest BCUT2D eigenvalue weighted by molar-refractivity contribution is 0.415. The SMILES string of the molecule is COc1ccc2nccc(/C=C/CCCCN=[N+]=[N-])c2c1. The Bertz CT molecular complexity index is 675. The number of aromatic nitrogens is 1. The van der Waals surface area contributed by atoms with Crippen LogP contribution >= 0.6 is 0 Å². The van der Waals surface area contributed by atoms with Gasteiger partial charge in [-0.3, -0.25) is 4.98 Å². The van der Waals surface area contributed by atoms with Gasteiger partial charge in [0.25, 0.3) is 0 Å². The Morgan fingerprint density at radius 2 is 2.24 bits per heavy atom. The van der Waals surface area contributed by atoms with Crippen molar-refractivity contribution in [1.29, 1.82) is 0 Å². The lowest BCUT2D eigenvalue weighted by Gasteiger charge is -2.04. The van der Waals surface area contributed by atoms with E-state index in [1.165, 1.54) is 0 Å². The number of ether oxygens (including phenoxy) is 1. The van der Waals surface area contributed by atoms with Crippen LogP contribution in [0.5, 0.6) is 5.75 Å². The lowest BCUT2D eigenvalue weighted by atomic mass is 10.1. The molecule has 1 aromatic heterocycles. The second kappa shape index (κ2) is 7.92. The zero-order valence-corrected chi connectivity index (χ0v) is 12.1. The molecule has 5 heteroatoms. The number of pyridine rings is 1. The molecule has 0 saturated heterocycles. The Morgan fingerprint density at radius 3 is 3.05 bits per heavy atom. The molecule has 0 atom stereocenters. The number of benzene rings is 1. The van der Waals surface area contributed by atoms with Gasteiger partial charge in [-0.15, -0.1) is 0 Å². The number of fused-ring (bicyclic) bond motifs is 1. The first-order chi connectivity index (χ1) is 10.3. The topological polar surface area (TPSA) is 70.9 Å². The quantitative estimate of drug-likeness (QED) is 0.318. The van der Waals surface area contributed by atoms with Crippen LogP contribution in [-0.4, -0.2) is 18.6 Å². The van der Waals surface area contributed by atoms with Crippen LogP contribution in [0.25, 0.3) is 27.4 Å². The number of methoxy groups -OCH3 is 1. The van der Waals surface area contributed by atoms with Crippen molar-refractivity contribution < 1.29 is 4.74 Å². The third-order valence-electron chi connectivity index (χ3n) is 3.22. The van der Waals surface area contributed by atoms with E-state index in [-0.39, 0.29) is 0 Å². The Hall–Kier alpha value is -2.52. The van der Waals surface area contributed by atoms with Gasteiger partial charge in [-0.2, -0.15) is 0 Å². The molecule has 0 saturated carbocycles. The van der Waals surface area contributed by atoms with Gasteiger partial charge in [-0.1, -0.05) is 17.3 Å². The van der Waals surface area contributed by atoms with E-state index in [0.717, 1.165) is 41.5 Å². The van der Waals surface area contributed by atoms with Crippen molar-refractivity contribution in [2.45, 2.75) is 19.3 Å². The van der Waals surface area contributed by atoms with Crippen LogP contribution in [0.3, 0.4) is 0 Å². The molecule has 0 radical (unpaired) electrons. The molecule has 0 amide bonds. The summed E-state index contributed by atoms with van der Waals surface area (Å²) >= 11 is 0. The lowest BCUT2D eigenvalue weighted by Crippen LogP contribution is -1.86. The number of azide groups is 1. The fourth-order valence-corrected chi connectivity index (χ4v) is 2.12. The summed E-state index contributed by atoms with van der Waals surface area (Å²) in [4.78, 5) is 7.10. The molecule has 0 N–H and O–H groups in total. The highest BCUT2D eigenvalue weighted by molar-refractivity contribution is 5.88. The van der Waals surface area contributed by atoms with Crippen molar-refractivity contribution in [3.05, 3.63) is 52.5 Å². The number of nitrogens with zero attached hydrogens (tertiary/aromatic N) is 4. The van der Waals surface area contributed by atoms with Gasteiger partial charge in [-0.05, 0) is 54.6 Å². The number of allylic oxidation sites excluding steroid dienone is 1. The van der Waals surface area contributed by atoms with Crippen molar-refractivity contribution in [3.63, 3.8) is 0 Å². The van der Waals surface area contributed by atoms with Gasteiger partial charge in [0.2, 0.25) is 0 Å². The highest BCUT2D eigenvalue weighted by Gasteiger charge is 2.01. The number of hydrogen-bond donors (Lipinski definition) is 0. The van der Waals surface area contributed by atoms with Crippen LogP contribution in [0, 0.1) is 0 Å². The van der Waals surface area contributed by atoms with Crippen molar-refractivity contribution in [3.8, 4) is 5.75 Å². The molecule has 0 bridgehead atoms. The summed E-state index contributed by atoms with van der Waals surface area (Å²) in [6.45, 7) is 0.569. The molecule has 5 nitrogen and oxygen atoms in total. The van der Waals surface area contributed by atoms with Gasteiger partial charge in [0, 0.05) is 23.0 Å². The zero-order valence-electron chi connectivity index (χ0n) is 12.1. The molecule has 0 aliphatic rings. The summed E-state index contributed by atoms with van der Waals surface area (Å²) in [6, 6.07) is 7.88. The van der Waals surface area contributed by atoms with E-state index in [9.17, 15) is 0 Å². The Labute approximate surface area is 123 Å². The minimum Gasteiger partial charge on any atom is -0.497 e. The average molecular weight is 282 g/mol. The Kier molecular flexibility index (Phi) is 5.61. The summed E-state index contributed by atoms with van der Waals surface area (Å²) in [6.07, 6.45) is 8.97. The fraction of sp³-hybridized carbons (Fsp3) is 0.312. The second-order valence-corrected chi connectivity index (χ2v) is 4.64. The van der Waals surface area contributed by atoms with E-state index in [1.54, 1.807) is 7.11 Å². The Balaban J connectivity index is 2.05. The highest BCUT2D eigenvalue weighted by Crippen LogP contribution is 2.23. The van der Waals surface area contributed by atoms with Crippen LogP contribution in [-0.2, 0) is 0 Å². The fourth-order valence-electron chi connectivity index (χ4n) is 2.12. The average Bonchev–Trinajstić information content (AvgIpc) is 2.53. The number of rotatable bonds is 7. The molecular weight excluding hydrogens is 264 g/mol. The van der Waals surface area contributed by atoms with Gasteiger partial charge < -0.3 is 4.74 Å². The monoisotopic (exact) mass is 282 g/mol. The normalized spacial score (nSPS) is 10.7. The van der Waals surface area contributed by atoms with E-state index >= 15 is 0 Å². The van der Waals surface area contributed by atoms with Crippen molar-refractivity contribution >= 4 is 17.0 Å². The molecule has 1 aromatic carbocycles. The van der Waals surface area contributed by atoms with Gasteiger partial charge in [-0.25, -0.2) is 0 Å². The van der Waals surface area contributed by atoms with Crippen LogP contribution in [0.2, 0.25) is 0 Å². The molecule has 0 fully saturated rings. The summed E-state index contributed by atoms with van der Waals surface area (Å²) in [5.41, 5.74) is 10.3. The molecular formula is C16H18N4O. The van der Waals surface area contributed by atoms with Crippen LogP contribution < -0.4 is 4.74 Å². The zero-order chi connectivity index (χ0) is 14.9. The number of unbranched alkanes of at least 4 members (excludes halogenated alkanes) is 2. The van der Waals surface area contributed by atoms with Crippen LogP contribution in [0.4, 0.5) is 0 Å². The van der Waals surface area contributed by atoms with Gasteiger partial charge in [0.1, 0.15) is 5.75 Å². The third-order valence-corrected chi connectivity index (χ3v) is 3.22. The summed E-state index contributed by atoms with van der Waals surface area (Å²) < 4.78 is 5.27. The molecule has 2 aromatic rings. The van der Waals surface area contributed by atoms with E-state index in [0.29, 0.717) is 6.54 Å². The summed E-state index contributed by atoms with van der Waals surface area (Å²) in [7, 11) is 1.66. The first-order valence-electron chi connectivity index (χ1n) is 6.95. The van der Waals surface area contributed by atoms with Gasteiger partial charge >= 0.3 is 0 Å². The molecule has 0 aliphatic heterocycles. The van der Waals surface area contributed by atoms with Crippen LogP contribution in [0.15, 0.2) is 41.7 Å². The summed E-state index contributed by atoms with van der Waals surface area (Å²) in [5, 5.41) is 4.61. The van der Waals surface area contributed by atoms with Crippen LogP contribution in [0.1, 0.15) is 24.8 Å². The molecule has 21 heavy (non-hydrogen) atoms.